The van der Waals surface area contributed by atoms with Gasteiger partial charge in [0.1, 0.15) is 5.75 Å². The highest BCUT2D eigenvalue weighted by atomic mass is 35.5. The van der Waals surface area contributed by atoms with Crippen LogP contribution in [0.2, 0.25) is 5.02 Å². The minimum absolute atomic E-state index is 0.0287. The van der Waals surface area contributed by atoms with Crippen molar-refractivity contribution in [3.8, 4) is 5.75 Å². The fraction of sp³-hybridized carbons (Fsp3) is 0.188. The SMILES string of the molecule is COc1ccc(NS(=O)(=O)c2ccc(SC)c(NC(C)=O)c2)cc1Cl. The summed E-state index contributed by atoms with van der Waals surface area (Å²) in [6, 6.07) is 9.12. The molecule has 0 radical (unpaired) electrons. The molecule has 9 heteroatoms. The first-order valence-corrected chi connectivity index (χ1v) is 10.2. The Morgan fingerprint density at radius 2 is 1.92 bits per heavy atom. The van der Waals surface area contributed by atoms with Gasteiger partial charge in [-0.05, 0) is 42.7 Å². The van der Waals surface area contributed by atoms with E-state index in [1.54, 1.807) is 18.2 Å². The molecule has 2 aromatic rings. The molecule has 2 aromatic carbocycles. The molecule has 2 N–H and O–H groups in total. The average Bonchev–Trinajstić information content (AvgIpc) is 2.54. The van der Waals surface area contributed by atoms with Gasteiger partial charge in [0.2, 0.25) is 5.91 Å². The zero-order chi connectivity index (χ0) is 18.6. The number of thioether (sulfide) groups is 1. The topological polar surface area (TPSA) is 84.5 Å². The van der Waals surface area contributed by atoms with Crippen molar-refractivity contribution < 1.29 is 17.9 Å². The van der Waals surface area contributed by atoms with E-state index in [2.05, 4.69) is 10.0 Å². The second-order valence-corrected chi connectivity index (χ2v) is 7.94. The average molecular weight is 401 g/mol. The molecule has 6 nitrogen and oxygen atoms in total. The second-order valence-electron chi connectivity index (χ2n) is 5.00. The van der Waals surface area contributed by atoms with Gasteiger partial charge in [-0.2, -0.15) is 0 Å². The Hall–Kier alpha value is -1.90. The minimum Gasteiger partial charge on any atom is -0.495 e. The molecule has 0 aliphatic rings. The Bertz CT molecular complexity index is 901. The predicted octanol–water partition coefficient (Wildman–Crippen LogP) is 3.83. The maximum absolute atomic E-state index is 12.6. The van der Waals surface area contributed by atoms with E-state index in [1.807, 2.05) is 6.26 Å². The highest BCUT2D eigenvalue weighted by Crippen LogP contribution is 2.31. The molecule has 0 aromatic heterocycles. The van der Waals surface area contributed by atoms with Crippen LogP contribution in [0.4, 0.5) is 11.4 Å². The summed E-state index contributed by atoms with van der Waals surface area (Å²) in [5, 5.41) is 2.93. The van der Waals surface area contributed by atoms with Crippen LogP contribution in [-0.4, -0.2) is 27.7 Å². The van der Waals surface area contributed by atoms with Gasteiger partial charge >= 0.3 is 0 Å². The summed E-state index contributed by atoms with van der Waals surface area (Å²) in [5.74, 6) is 0.168. The smallest absolute Gasteiger partial charge is 0.261 e. The Kier molecular flexibility index (Phi) is 6.21. The van der Waals surface area contributed by atoms with E-state index in [-0.39, 0.29) is 10.8 Å². The van der Waals surface area contributed by atoms with Crippen LogP contribution in [0.3, 0.4) is 0 Å². The van der Waals surface area contributed by atoms with E-state index < -0.39 is 10.0 Å². The molecule has 25 heavy (non-hydrogen) atoms. The fourth-order valence-electron chi connectivity index (χ4n) is 2.09. The third kappa shape index (κ3) is 4.81. The zero-order valence-corrected chi connectivity index (χ0v) is 16.2. The second kappa shape index (κ2) is 7.99. The van der Waals surface area contributed by atoms with Crippen molar-refractivity contribution in [2.45, 2.75) is 16.7 Å². The first kappa shape index (κ1) is 19.4. The molecule has 0 heterocycles. The zero-order valence-electron chi connectivity index (χ0n) is 13.8. The van der Waals surface area contributed by atoms with Crippen LogP contribution in [0.25, 0.3) is 0 Å². The molecule has 1 amide bonds. The highest BCUT2D eigenvalue weighted by Gasteiger charge is 2.17. The van der Waals surface area contributed by atoms with E-state index in [0.717, 1.165) is 4.90 Å². The number of halogens is 1. The van der Waals surface area contributed by atoms with Crippen LogP contribution in [0.1, 0.15) is 6.92 Å². The summed E-state index contributed by atoms with van der Waals surface area (Å²) in [6.45, 7) is 1.36. The third-order valence-corrected chi connectivity index (χ3v) is 5.67. The van der Waals surface area contributed by atoms with E-state index in [4.69, 9.17) is 16.3 Å². The summed E-state index contributed by atoms with van der Waals surface area (Å²) in [4.78, 5) is 12.1. The number of rotatable bonds is 6. The number of benzene rings is 2. The van der Waals surface area contributed by atoms with Gasteiger partial charge < -0.3 is 10.1 Å². The Morgan fingerprint density at radius 1 is 1.20 bits per heavy atom. The normalized spacial score (nSPS) is 11.0. The van der Waals surface area contributed by atoms with Gasteiger partial charge in [-0.15, -0.1) is 11.8 Å². The summed E-state index contributed by atoms with van der Waals surface area (Å²) in [7, 11) is -2.37. The van der Waals surface area contributed by atoms with Crippen molar-refractivity contribution in [2.75, 3.05) is 23.4 Å². The number of methoxy groups -OCH3 is 1. The lowest BCUT2D eigenvalue weighted by molar-refractivity contribution is -0.114. The van der Waals surface area contributed by atoms with Crippen LogP contribution in [0, 0.1) is 0 Å². The number of amides is 1. The maximum Gasteiger partial charge on any atom is 0.261 e. The number of sulfonamides is 1. The molecule has 0 saturated heterocycles. The molecule has 0 aliphatic carbocycles. The molecule has 0 spiro atoms. The van der Waals surface area contributed by atoms with Crippen LogP contribution in [0.15, 0.2) is 46.2 Å². The fourth-order valence-corrected chi connectivity index (χ4v) is 3.95. The number of carbonyl (C=O) groups is 1. The number of nitrogens with one attached hydrogen (secondary N) is 2. The lowest BCUT2D eigenvalue weighted by atomic mass is 10.3. The van der Waals surface area contributed by atoms with Crippen molar-refractivity contribution >= 4 is 50.7 Å². The molecule has 134 valence electrons. The Morgan fingerprint density at radius 3 is 2.48 bits per heavy atom. The Balaban J connectivity index is 2.36. The van der Waals surface area contributed by atoms with Gasteiger partial charge in [0.05, 0.1) is 28.4 Å². The van der Waals surface area contributed by atoms with Gasteiger partial charge in [-0.3, -0.25) is 9.52 Å². The number of anilines is 2. The predicted molar refractivity (Wildman–Crippen MR) is 101 cm³/mol. The van der Waals surface area contributed by atoms with Crippen LogP contribution >= 0.6 is 23.4 Å². The monoisotopic (exact) mass is 400 g/mol. The van der Waals surface area contributed by atoms with Crippen molar-refractivity contribution in [3.63, 3.8) is 0 Å². The van der Waals surface area contributed by atoms with Gasteiger partial charge in [0.25, 0.3) is 10.0 Å². The van der Waals surface area contributed by atoms with Gasteiger partial charge in [0, 0.05) is 11.8 Å². The minimum atomic E-state index is -3.84. The quantitative estimate of drug-likeness (QED) is 0.720. The number of ether oxygens (including phenoxy) is 1. The van der Waals surface area contributed by atoms with E-state index in [1.165, 1.54) is 44.0 Å². The number of hydrogen-bond acceptors (Lipinski definition) is 5. The van der Waals surface area contributed by atoms with Crippen molar-refractivity contribution in [1.29, 1.82) is 0 Å². The standard InChI is InChI=1S/C16H17ClN2O4S2/c1-10(20)18-14-9-12(5-7-16(14)24-3)25(21,22)19-11-4-6-15(23-2)13(17)8-11/h4-9,19H,1-3H3,(H,18,20). The molecule has 0 unspecified atom stereocenters. The van der Waals surface area contributed by atoms with E-state index in [0.29, 0.717) is 22.1 Å². The largest absolute Gasteiger partial charge is 0.495 e. The summed E-state index contributed by atoms with van der Waals surface area (Å²) < 4.78 is 32.7. The van der Waals surface area contributed by atoms with E-state index in [9.17, 15) is 13.2 Å². The third-order valence-electron chi connectivity index (χ3n) is 3.20. The first-order valence-electron chi connectivity index (χ1n) is 7.09. The molecule has 0 fully saturated rings. The summed E-state index contributed by atoms with van der Waals surface area (Å²) in [6.07, 6.45) is 1.84. The summed E-state index contributed by atoms with van der Waals surface area (Å²) >= 11 is 7.42. The molecule has 0 bridgehead atoms. The van der Waals surface area contributed by atoms with Crippen molar-refractivity contribution in [3.05, 3.63) is 41.4 Å². The van der Waals surface area contributed by atoms with Crippen LogP contribution in [0.5, 0.6) is 5.75 Å². The van der Waals surface area contributed by atoms with Crippen LogP contribution in [-0.2, 0) is 14.8 Å². The van der Waals surface area contributed by atoms with Crippen LogP contribution < -0.4 is 14.8 Å². The van der Waals surface area contributed by atoms with Gasteiger partial charge in [-0.25, -0.2) is 8.42 Å². The molecule has 0 atom stereocenters. The maximum atomic E-state index is 12.6. The molecule has 0 saturated carbocycles. The number of carbonyl (C=O) groups excluding carboxylic acids is 1. The summed E-state index contributed by atoms with van der Waals surface area (Å²) in [5.41, 5.74) is 0.747. The molecule has 2 rings (SSSR count). The van der Waals surface area contributed by atoms with Crippen molar-refractivity contribution in [1.82, 2.24) is 0 Å². The van der Waals surface area contributed by atoms with E-state index >= 15 is 0 Å². The lowest BCUT2D eigenvalue weighted by Gasteiger charge is -2.13. The Labute approximate surface area is 156 Å². The van der Waals surface area contributed by atoms with Crippen molar-refractivity contribution in [2.24, 2.45) is 0 Å². The molecular weight excluding hydrogens is 384 g/mol. The number of hydrogen-bond donors (Lipinski definition) is 2. The molecular formula is C16H17ClN2O4S2. The highest BCUT2D eigenvalue weighted by molar-refractivity contribution is 7.98. The lowest BCUT2D eigenvalue weighted by Crippen LogP contribution is -2.14. The van der Waals surface area contributed by atoms with Gasteiger partial charge in [-0.1, -0.05) is 11.6 Å². The van der Waals surface area contributed by atoms with Gasteiger partial charge in [0.15, 0.2) is 0 Å². The molecule has 0 aliphatic heterocycles. The first-order chi connectivity index (χ1) is 11.8.